The van der Waals surface area contributed by atoms with Gasteiger partial charge >= 0.3 is 0 Å². The third-order valence-electron chi connectivity index (χ3n) is 2.90. The SMILES string of the molecule is CCCn1cncc1C(O)c1ncc(OC)nc1OC. The summed E-state index contributed by atoms with van der Waals surface area (Å²) in [6.45, 7) is 2.84. The summed E-state index contributed by atoms with van der Waals surface area (Å²) >= 11 is 0. The molecule has 7 nitrogen and oxygen atoms in total. The molecule has 108 valence electrons. The van der Waals surface area contributed by atoms with Gasteiger partial charge in [-0.25, -0.2) is 9.97 Å². The minimum Gasteiger partial charge on any atom is -0.480 e. The van der Waals surface area contributed by atoms with Gasteiger partial charge in [-0.15, -0.1) is 0 Å². The van der Waals surface area contributed by atoms with Crippen LogP contribution >= 0.6 is 0 Å². The smallest absolute Gasteiger partial charge is 0.241 e. The molecular formula is C13H18N4O3. The lowest BCUT2D eigenvalue weighted by molar-refractivity contribution is 0.197. The lowest BCUT2D eigenvalue weighted by atomic mass is 10.2. The van der Waals surface area contributed by atoms with Crippen LogP contribution in [-0.4, -0.2) is 38.8 Å². The van der Waals surface area contributed by atoms with E-state index in [9.17, 15) is 5.11 Å². The highest BCUT2D eigenvalue weighted by atomic mass is 16.5. The molecule has 0 aliphatic rings. The maximum Gasteiger partial charge on any atom is 0.241 e. The number of aryl methyl sites for hydroxylation is 1. The number of aliphatic hydroxyl groups excluding tert-OH is 1. The van der Waals surface area contributed by atoms with Crippen molar-refractivity contribution in [2.45, 2.75) is 26.0 Å². The Morgan fingerprint density at radius 1 is 1.30 bits per heavy atom. The minimum absolute atomic E-state index is 0.237. The van der Waals surface area contributed by atoms with Crippen LogP contribution in [0.5, 0.6) is 11.8 Å². The zero-order valence-corrected chi connectivity index (χ0v) is 11.8. The second-order valence-corrected chi connectivity index (χ2v) is 4.22. The molecule has 2 rings (SSSR count). The van der Waals surface area contributed by atoms with E-state index in [1.165, 1.54) is 20.4 Å². The van der Waals surface area contributed by atoms with E-state index >= 15 is 0 Å². The van der Waals surface area contributed by atoms with Gasteiger partial charge in [-0.2, -0.15) is 4.98 Å². The molecule has 2 aromatic heterocycles. The van der Waals surface area contributed by atoms with Gasteiger partial charge < -0.3 is 19.1 Å². The van der Waals surface area contributed by atoms with Gasteiger partial charge in [-0.1, -0.05) is 6.92 Å². The fourth-order valence-corrected chi connectivity index (χ4v) is 1.93. The van der Waals surface area contributed by atoms with E-state index in [-0.39, 0.29) is 5.88 Å². The second kappa shape index (κ2) is 6.33. The Labute approximate surface area is 117 Å². The van der Waals surface area contributed by atoms with Gasteiger partial charge in [0, 0.05) is 6.54 Å². The first-order valence-corrected chi connectivity index (χ1v) is 6.34. The van der Waals surface area contributed by atoms with Crippen LogP contribution < -0.4 is 9.47 Å². The number of nitrogens with zero attached hydrogens (tertiary/aromatic N) is 4. The van der Waals surface area contributed by atoms with Crippen LogP contribution in [0.2, 0.25) is 0 Å². The maximum absolute atomic E-state index is 10.5. The summed E-state index contributed by atoms with van der Waals surface area (Å²) < 4.78 is 12.0. The van der Waals surface area contributed by atoms with Crippen molar-refractivity contribution in [2.24, 2.45) is 0 Å². The molecule has 1 N–H and O–H groups in total. The predicted molar refractivity (Wildman–Crippen MR) is 71.7 cm³/mol. The minimum atomic E-state index is -0.947. The molecule has 0 saturated heterocycles. The van der Waals surface area contributed by atoms with Crippen molar-refractivity contribution in [1.82, 2.24) is 19.5 Å². The van der Waals surface area contributed by atoms with Gasteiger partial charge in [-0.3, -0.25) is 0 Å². The van der Waals surface area contributed by atoms with Crippen LogP contribution in [0.25, 0.3) is 0 Å². The van der Waals surface area contributed by atoms with Crippen LogP contribution in [-0.2, 0) is 6.54 Å². The van der Waals surface area contributed by atoms with Crippen molar-refractivity contribution >= 4 is 0 Å². The van der Waals surface area contributed by atoms with Crippen LogP contribution in [0.1, 0.15) is 30.8 Å². The first kappa shape index (κ1) is 14.3. The quantitative estimate of drug-likeness (QED) is 0.854. The van der Waals surface area contributed by atoms with E-state index in [0.29, 0.717) is 17.3 Å². The Bertz CT molecular complexity index is 570. The largest absolute Gasteiger partial charge is 0.480 e. The van der Waals surface area contributed by atoms with E-state index in [4.69, 9.17) is 9.47 Å². The van der Waals surface area contributed by atoms with E-state index < -0.39 is 6.10 Å². The van der Waals surface area contributed by atoms with Crippen LogP contribution in [0.4, 0.5) is 0 Å². The Kier molecular flexibility index (Phi) is 4.52. The molecule has 2 heterocycles. The van der Waals surface area contributed by atoms with Crippen LogP contribution in [0.15, 0.2) is 18.7 Å². The van der Waals surface area contributed by atoms with Crippen LogP contribution in [0.3, 0.4) is 0 Å². The molecule has 1 atom stereocenters. The average Bonchev–Trinajstić information content (AvgIpc) is 2.94. The van der Waals surface area contributed by atoms with Gasteiger partial charge in [0.2, 0.25) is 11.8 Å². The topological polar surface area (TPSA) is 82.3 Å². The summed E-state index contributed by atoms with van der Waals surface area (Å²) in [5, 5.41) is 10.5. The van der Waals surface area contributed by atoms with E-state index in [2.05, 4.69) is 21.9 Å². The Morgan fingerprint density at radius 2 is 2.10 bits per heavy atom. The van der Waals surface area contributed by atoms with Crippen molar-refractivity contribution in [3.05, 3.63) is 30.1 Å². The number of hydrogen-bond acceptors (Lipinski definition) is 6. The summed E-state index contributed by atoms with van der Waals surface area (Å²) in [5.74, 6) is 0.570. The van der Waals surface area contributed by atoms with E-state index in [1.807, 2.05) is 4.57 Å². The zero-order valence-electron chi connectivity index (χ0n) is 11.8. The molecule has 7 heteroatoms. The highest BCUT2D eigenvalue weighted by molar-refractivity contribution is 5.29. The first-order valence-electron chi connectivity index (χ1n) is 6.34. The number of imidazole rings is 1. The van der Waals surface area contributed by atoms with Gasteiger partial charge in [0.25, 0.3) is 0 Å². The molecule has 0 aromatic carbocycles. The number of aromatic nitrogens is 4. The number of ether oxygens (including phenoxy) is 2. The molecule has 20 heavy (non-hydrogen) atoms. The van der Waals surface area contributed by atoms with Crippen molar-refractivity contribution in [2.75, 3.05) is 14.2 Å². The summed E-state index contributed by atoms with van der Waals surface area (Å²) in [7, 11) is 2.97. The standard InChI is InChI=1S/C13H18N4O3/c1-4-5-17-8-14-6-9(17)12(18)11-13(20-3)16-10(19-2)7-15-11/h6-8,12,18H,4-5H2,1-3H3. The third kappa shape index (κ3) is 2.72. The predicted octanol–water partition coefficient (Wildman–Crippen LogP) is 1.18. The van der Waals surface area contributed by atoms with Crippen LogP contribution in [0, 0.1) is 0 Å². The number of methoxy groups -OCH3 is 2. The van der Waals surface area contributed by atoms with Gasteiger partial charge in [0.1, 0.15) is 11.8 Å². The Morgan fingerprint density at radius 3 is 2.75 bits per heavy atom. The second-order valence-electron chi connectivity index (χ2n) is 4.22. The number of hydrogen-bond donors (Lipinski definition) is 1. The third-order valence-corrected chi connectivity index (χ3v) is 2.90. The molecule has 0 aliphatic heterocycles. The first-order chi connectivity index (χ1) is 9.71. The van der Waals surface area contributed by atoms with Crippen molar-refractivity contribution < 1.29 is 14.6 Å². The molecular weight excluding hydrogens is 260 g/mol. The lowest BCUT2D eigenvalue weighted by Crippen LogP contribution is -2.12. The van der Waals surface area contributed by atoms with Gasteiger partial charge in [0.15, 0.2) is 0 Å². The monoisotopic (exact) mass is 278 g/mol. The Balaban J connectivity index is 2.37. The lowest BCUT2D eigenvalue weighted by Gasteiger charge is -2.15. The average molecular weight is 278 g/mol. The zero-order chi connectivity index (χ0) is 14.5. The fraction of sp³-hybridized carbons (Fsp3) is 0.462. The summed E-state index contributed by atoms with van der Waals surface area (Å²) in [6.07, 6.45) is 4.75. The fourth-order valence-electron chi connectivity index (χ4n) is 1.93. The van der Waals surface area contributed by atoms with E-state index in [0.717, 1.165) is 13.0 Å². The molecule has 0 radical (unpaired) electrons. The number of rotatable bonds is 6. The van der Waals surface area contributed by atoms with Crippen molar-refractivity contribution in [1.29, 1.82) is 0 Å². The molecule has 0 bridgehead atoms. The molecule has 0 amide bonds. The number of aliphatic hydroxyl groups is 1. The molecule has 0 saturated carbocycles. The highest BCUT2D eigenvalue weighted by Crippen LogP contribution is 2.28. The summed E-state index contributed by atoms with van der Waals surface area (Å²) in [5.41, 5.74) is 0.996. The summed E-state index contributed by atoms with van der Waals surface area (Å²) in [4.78, 5) is 12.4. The maximum atomic E-state index is 10.5. The highest BCUT2D eigenvalue weighted by Gasteiger charge is 2.22. The molecule has 2 aromatic rings. The van der Waals surface area contributed by atoms with Gasteiger partial charge in [-0.05, 0) is 6.42 Å². The summed E-state index contributed by atoms with van der Waals surface area (Å²) in [6, 6.07) is 0. The molecule has 0 aliphatic carbocycles. The van der Waals surface area contributed by atoms with Gasteiger partial charge in [0.05, 0.1) is 38.6 Å². The molecule has 0 fully saturated rings. The van der Waals surface area contributed by atoms with E-state index in [1.54, 1.807) is 12.5 Å². The normalized spacial score (nSPS) is 12.2. The van der Waals surface area contributed by atoms with Crippen molar-refractivity contribution in [3.8, 4) is 11.8 Å². The molecule has 0 spiro atoms. The van der Waals surface area contributed by atoms with Crippen molar-refractivity contribution in [3.63, 3.8) is 0 Å². The molecule has 1 unspecified atom stereocenters. The Hall–Kier alpha value is -2.15.